The van der Waals surface area contributed by atoms with E-state index in [0.29, 0.717) is 24.2 Å². The fourth-order valence-electron chi connectivity index (χ4n) is 4.56. The molecule has 1 amide bonds. The van der Waals surface area contributed by atoms with Crippen molar-refractivity contribution in [2.24, 2.45) is 5.92 Å². The molecule has 0 saturated carbocycles. The number of hydrogen-bond acceptors (Lipinski definition) is 7. The second-order valence-electron chi connectivity index (χ2n) is 9.54. The van der Waals surface area contributed by atoms with Crippen LogP contribution in [0.1, 0.15) is 43.0 Å². The Morgan fingerprint density at radius 2 is 1.69 bits per heavy atom. The highest BCUT2D eigenvalue weighted by atomic mass is 32.2. The maximum absolute atomic E-state index is 12.8. The van der Waals surface area contributed by atoms with Gasteiger partial charge in [0, 0.05) is 60.9 Å². The lowest BCUT2D eigenvalue weighted by Crippen LogP contribution is -2.33. The summed E-state index contributed by atoms with van der Waals surface area (Å²) in [6.45, 7) is 5.84. The Balaban J connectivity index is 1.18. The van der Waals surface area contributed by atoms with Gasteiger partial charge in [-0.2, -0.15) is 0 Å². The maximum atomic E-state index is 12.8. The van der Waals surface area contributed by atoms with Crippen molar-refractivity contribution in [1.29, 1.82) is 0 Å². The summed E-state index contributed by atoms with van der Waals surface area (Å²) < 4.78 is 0. The molecule has 0 aliphatic carbocycles. The number of ketones is 1. The van der Waals surface area contributed by atoms with Crippen molar-refractivity contribution in [2.45, 2.75) is 42.5 Å². The Hall–Kier alpha value is -3.39. The quantitative estimate of drug-likeness (QED) is 0.492. The number of aromatic nitrogens is 2. The van der Waals surface area contributed by atoms with Crippen LogP contribution in [0, 0.1) is 5.92 Å². The van der Waals surface area contributed by atoms with Crippen LogP contribution in [-0.4, -0.2) is 47.8 Å². The molecule has 7 nitrogen and oxygen atoms in total. The average Bonchev–Trinajstić information content (AvgIpc) is 2.90. The lowest BCUT2D eigenvalue weighted by molar-refractivity contribution is -0.119. The normalized spacial score (nSPS) is 16.8. The highest BCUT2D eigenvalue weighted by Crippen LogP contribution is 2.29. The molecule has 186 valence electrons. The van der Waals surface area contributed by atoms with E-state index in [1.807, 2.05) is 60.9 Å². The summed E-state index contributed by atoms with van der Waals surface area (Å²) in [5.41, 5.74) is 2.37. The van der Waals surface area contributed by atoms with Crippen LogP contribution in [0.3, 0.4) is 0 Å². The first kappa shape index (κ1) is 24.3. The zero-order chi connectivity index (χ0) is 24.9. The first-order valence-corrected chi connectivity index (χ1v) is 13.4. The van der Waals surface area contributed by atoms with Gasteiger partial charge in [0.05, 0.1) is 12.4 Å². The van der Waals surface area contributed by atoms with Crippen LogP contribution in [0.2, 0.25) is 0 Å². The molecule has 2 aliphatic rings. The second kappa shape index (κ2) is 11.1. The Morgan fingerprint density at radius 1 is 0.944 bits per heavy atom. The zero-order valence-corrected chi connectivity index (χ0v) is 21.3. The van der Waals surface area contributed by atoms with Gasteiger partial charge in [-0.15, -0.1) is 0 Å². The Morgan fingerprint density at radius 3 is 2.39 bits per heavy atom. The topological polar surface area (TPSA) is 78.4 Å². The molecule has 0 radical (unpaired) electrons. The number of carbonyl (C=O) groups excluding carboxylic acids is 2. The van der Waals surface area contributed by atoms with Gasteiger partial charge in [0.15, 0.2) is 0 Å². The summed E-state index contributed by atoms with van der Waals surface area (Å²) in [4.78, 5) is 39.0. The number of rotatable bonds is 6. The number of piperidine rings is 2. The number of nitrogens with one attached hydrogen (secondary N) is 1. The van der Waals surface area contributed by atoms with Gasteiger partial charge in [0.1, 0.15) is 16.6 Å². The molecule has 8 heteroatoms. The number of benzene rings is 2. The average molecular weight is 502 g/mol. The van der Waals surface area contributed by atoms with Crippen molar-refractivity contribution in [1.82, 2.24) is 9.97 Å². The molecule has 36 heavy (non-hydrogen) atoms. The van der Waals surface area contributed by atoms with Crippen LogP contribution in [-0.2, 0) is 4.79 Å². The molecule has 0 unspecified atom stereocenters. The highest BCUT2D eigenvalue weighted by molar-refractivity contribution is 7.99. The molecule has 2 fully saturated rings. The van der Waals surface area contributed by atoms with Crippen molar-refractivity contribution in [3.8, 4) is 0 Å². The van der Waals surface area contributed by atoms with Crippen molar-refractivity contribution in [2.75, 3.05) is 41.3 Å². The minimum Gasteiger partial charge on any atom is -0.371 e. The van der Waals surface area contributed by atoms with E-state index in [1.165, 1.54) is 24.6 Å². The van der Waals surface area contributed by atoms with Gasteiger partial charge in [0.2, 0.25) is 0 Å². The third-order valence-electron chi connectivity index (χ3n) is 6.85. The molecule has 2 aliphatic heterocycles. The van der Waals surface area contributed by atoms with E-state index in [-0.39, 0.29) is 5.91 Å². The van der Waals surface area contributed by atoms with Crippen molar-refractivity contribution in [3.05, 3.63) is 66.5 Å². The molecule has 0 atom stereocenters. The number of Topliss-reactive ketones (excluding diaryl/α,β-unsaturated/α-hetero) is 1. The van der Waals surface area contributed by atoms with E-state index >= 15 is 0 Å². The van der Waals surface area contributed by atoms with Crippen molar-refractivity contribution >= 4 is 40.6 Å². The minimum atomic E-state index is -0.155. The van der Waals surface area contributed by atoms with Gasteiger partial charge in [-0.3, -0.25) is 9.59 Å². The lowest BCUT2D eigenvalue weighted by atomic mass is 9.99. The van der Waals surface area contributed by atoms with E-state index in [0.717, 1.165) is 59.2 Å². The Labute approximate surface area is 216 Å². The van der Waals surface area contributed by atoms with Crippen LogP contribution in [0.5, 0.6) is 0 Å². The first-order chi connectivity index (χ1) is 17.5. The second-order valence-corrected chi connectivity index (χ2v) is 10.6. The number of anilines is 3. The standard InChI is InChI=1S/C28H31N5O2S/c1-20-9-13-33(14-10-20)26-18-30-27(19-29-26)36-25-4-2-3-22(17-25)31-28(35)21-5-7-23(8-6-21)32-15-11-24(34)12-16-32/h2-8,17-20H,9-16H2,1H3,(H,31,35). The Kier molecular flexibility index (Phi) is 7.51. The SMILES string of the molecule is CC1CCN(c2cnc(Sc3cccc(NC(=O)c4ccc(N5CCC(=O)CC5)cc4)c3)cn2)CC1. The highest BCUT2D eigenvalue weighted by Gasteiger charge is 2.18. The van der Waals surface area contributed by atoms with Crippen LogP contribution in [0.25, 0.3) is 0 Å². The van der Waals surface area contributed by atoms with E-state index in [1.54, 1.807) is 0 Å². The molecule has 0 bridgehead atoms. The smallest absolute Gasteiger partial charge is 0.255 e. The summed E-state index contributed by atoms with van der Waals surface area (Å²) in [6, 6.07) is 15.3. The molecule has 2 saturated heterocycles. The monoisotopic (exact) mass is 501 g/mol. The van der Waals surface area contributed by atoms with E-state index in [4.69, 9.17) is 0 Å². The first-order valence-electron chi connectivity index (χ1n) is 12.6. The zero-order valence-electron chi connectivity index (χ0n) is 20.5. The van der Waals surface area contributed by atoms with Gasteiger partial charge >= 0.3 is 0 Å². The van der Waals surface area contributed by atoms with Crippen molar-refractivity contribution in [3.63, 3.8) is 0 Å². The number of nitrogens with zero attached hydrogens (tertiary/aromatic N) is 4. The van der Waals surface area contributed by atoms with Crippen LogP contribution >= 0.6 is 11.8 Å². The molecule has 5 rings (SSSR count). The van der Waals surface area contributed by atoms with Gasteiger partial charge in [-0.25, -0.2) is 9.97 Å². The molecule has 2 aromatic carbocycles. The summed E-state index contributed by atoms with van der Waals surface area (Å²) in [6.07, 6.45) is 7.25. The number of hydrogen-bond donors (Lipinski definition) is 1. The van der Waals surface area contributed by atoms with Gasteiger partial charge in [-0.1, -0.05) is 24.8 Å². The third kappa shape index (κ3) is 6.05. The largest absolute Gasteiger partial charge is 0.371 e. The van der Waals surface area contributed by atoms with E-state index < -0.39 is 0 Å². The predicted molar refractivity (Wildman–Crippen MR) is 144 cm³/mol. The molecule has 0 spiro atoms. The fourth-order valence-corrected chi connectivity index (χ4v) is 5.35. The maximum Gasteiger partial charge on any atom is 0.255 e. The lowest BCUT2D eigenvalue weighted by Gasteiger charge is -2.30. The summed E-state index contributed by atoms with van der Waals surface area (Å²) in [5.74, 6) is 1.88. The van der Waals surface area contributed by atoms with Crippen molar-refractivity contribution < 1.29 is 9.59 Å². The summed E-state index contributed by atoms with van der Waals surface area (Å²) in [7, 11) is 0. The fraction of sp³-hybridized carbons (Fsp3) is 0.357. The van der Waals surface area contributed by atoms with Crippen LogP contribution in [0.4, 0.5) is 17.2 Å². The van der Waals surface area contributed by atoms with Crippen LogP contribution < -0.4 is 15.1 Å². The van der Waals surface area contributed by atoms with Crippen LogP contribution in [0.15, 0.2) is 70.8 Å². The minimum absolute atomic E-state index is 0.155. The number of carbonyl (C=O) groups is 2. The molecule has 3 heterocycles. The molecule has 3 aromatic rings. The summed E-state index contributed by atoms with van der Waals surface area (Å²) in [5, 5.41) is 3.81. The van der Waals surface area contributed by atoms with E-state index in [2.05, 4.69) is 32.0 Å². The molecular formula is C28H31N5O2S. The van der Waals surface area contributed by atoms with Gasteiger partial charge < -0.3 is 15.1 Å². The van der Waals surface area contributed by atoms with Gasteiger partial charge in [-0.05, 0) is 61.2 Å². The third-order valence-corrected chi connectivity index (χ3v) is 7.76. The Bertz CT molecular complexity index is 1200. The summed E-state index contributed by atoms with van der Waals surface area (Å²) >= 11 is 1.53. The van der Waals surface area contributed by atoms with E-state index in [9.17, 15) is 9.59 Å². The number of amides is 1. The van der Waals surface area contributed by atoms with Gasteiger partial charge in [0.25, 0.3) is 5.91 Å². The molecule has 1 aromatic heterocycles. The predicted octanol–water partition coefficient (Wildman–Crippen LogP) is 5.29. The molecule has 1 N–H and O–H groups in total. The molecular weight excluding hydrogens is 470 g/mol.